The second-order valence-electron chi connectivity index (χ2n) is 7.43. The Bertz CT molecular complexity index is 917. The topological polar surface area (TPSA) is 20.3 Å². The fraction of sp³-hybridized carbons (Fsp3) is 0.261. The first-order valence-corrected chi connectivity index (χ1v) is 8.87. The van der Waals surface area contributed by atoms with Gasteiger partial charge in [-0.15, -0.1) is 0 Å². The molecule has 0 N–H and O–H groups in total. The van der Waals surface area contributed by atoms with Crippen molar-refractivity contribution < 1.29 is 4.79 Å². The maximum atomic E-state index is 12.8. The Balaban J connectivity index is 1.71. The summed E-state index contributed by atoms with van der Waals surface area (Å²) in [6.07, 6.45) is 5.94. The minimum Gasteiger partial charge on any atom is -0.347 e. The van der Waals surface area contributed by atoms with Crippen LogP contribution in [-0.2, 0) is 11.8 Å². The maximum absolute atomic E-state index is 12.8. The monoisotopic (exact) mass is 329 g/mol. The molecule has 1 heterocycles. The van der Waals surface area contributed by atoms with E-state index in [4.69, 9.17) is 0 Å². The highest BCUT2D eigenvalue weighted by Gasteiger charge is 2.37. The minimum absolute atomic E-state index is 0.0575. The van der Waals surface area contributed by atoms with E-state index in [9.17, 15) is 4.79 Å². The predicted molar refractivity (Wildman–Crippen MR) is 103 cm³/mol. The highest BCUT2D eigenvalue weighted by molar-refractivity contribution is 6.10. The Hall–Kier alpha value is -2.61. The molecule has 0 bridgehead atoms. The first-order valence-electron chi connectivity index (χ1n) is 8.87. The van der Waals surface area contributed by atoms with E-state index in [1.54, 1.807) is 0 Å². The van der Waals surface area contributed by atoms with Crippen molar-refractivity contribution in [1.29, 1.82) is 0 Å². The number of nitrogens with zero attached hydrogens (tertiary/aromatic N) is 1. The number of hydrogen-bond acceptors (Lipinski definition) is 2. The Kier molecular flexibility index (Phi) is 3.64. The summed E-state index contributed by atoms with van der Waals surface area (Å²) in [6, 6.07) is 16.5. The van der Waals surface area contributed by atoms with Crippen LogP contribution in [0.15, 0.2) is 72.0 Å². The molecule has 4 rings (SSSR count). The third-order valence-corrected chi connectivity index (χ3v) is 5.60. The van der Waals surface area contributed by atoms with Crippen LogP contribution in [0, 0.1) is 0 Å². The molecule has 0 radical (unpaired) electrons. The smallest absolute Gasteiger partial charge is 0.189 e. The lowest BCUT2D eigenvalue weighted by atomic mass is 9.83. The van der Waals surface area contributed by atoms with Crippen molar-refractivity contribution in [2.75, 3.05) is 11.9 Å². The molecule has 0 spiro atoms. The van der Waals surface area contributed by atoms with E-state index in [2.05, 4.69) is 62.2 Å². The van der Waals surface area contributed by atoms with Gasteiger partial charge >= 0.3 is 0 Å². The molecular weight excluding hydrogens is 306 g/mol. The Labute approximate surface area is 149 Å². The molecular formula is C23H23NO. The number of ketones is 1. The van der Waals surface area contributed by atoms with Gasteiger partial charge in [0.15, 0.2) is 5.78 Å². The van der Waals surface area contributed by atoms with Crippen molar-refractivity contribution in [3.05, 3.63) is 88.6 Å². The molecule has 0 saturated heterocycles. The summed E-state index contributed by atoms with van der Waals surface area (Å²) in [5.74, 6) is 0.176. The summed E-state index contributed by atoms with van der Waals surface area (Å²) >= 11 is 0. The Morgan fingerprint density at radius 2 is 1.68 bits per heavy atom. The quantitative estimate of drug-likeness (QED) is 0.682. The van der Waals surface area contributed by atoms with Crippen LogP contribution in [0.5, 0.6) is 0 Å². The fourth-order valence-electron chi connectivity index (χ4n) is 4.16. The standard InChI is InChI=1S/C23H23NO/c1-23(2)19-10-6-7-11-20(19)24(3)21(23)15-14-17-13-12-16-8-4-5-9-18(16)22(17)25/h4-11,14-15H,12-13H2,1-3H3. The van der Waals surface area contributed by atoms with Gasteiger partial charge in [0.1, 0.15) is 0 Å². The molecule has 2 heteroatoms. The van der Waals surface area contributed by atoms with Gasteiger partial charge in [0.05, 0.1) is 0 Å². The average molecular weight is 329 g/mol. The van der Waals surface area contributed by atoms with E-state index in [-0.39, 0.29) is 11.2 Å². The molecule has 0 aromatic heterocycles. The zero-order chi connectivity index (χ0) is 17.6. The number of rotatable bonds is 1. The van der Waals surface area contributed by atoms with Crippen molar-refractivity contribution in [2.24, 2.45) is 0 Å². The summed E-state index contributed by atoms with van der Waals surface area (Å²) in [5.41, 5.74) is 6.70. The zero-order valence-corrected chi connectivity index (χ0v) is 15.0. The largest absolute Gasteiger partial charge is 0.347 e. The van der Waals surface area contributed by atoms with Crippen LogP contribution >= 0.6 is 0 Å². The lowest BCUT2D eigenvalue weighted by Gasteiger charge is -2.24. The summed E-state index contributed by atoms with van der Waals surface area (Å²) in [4.78, 5) is 15.0. The van der Waals surface area contributed by atoms with Crippen molar-refractivity contribution >= 4 is 11.5 Å². The van der Waals surface area contributed by atoms with Crippen molar-refractivity contribution in [2.45, 2.75) is 32.1 Å². The number of allylic oxidation sites excluding steroid dienone is 4. The number of carbonyl (C=O) groups excluding carboxylic acids is 1. The van der Waals surface area contributed by atoms with Gasteiger partial charge in [-0.1, -0.05) is 62.4 Å². The van der Waals surface area contributed by atoms with Crippen LogP contribution in [0.3, 0.4) is 0 Å². The van der Waals surface area contributed by atoms with E-state index in [1.807, 2.05) is 24.3 Å². The molecule has 0 fully saturated rings. The normalized spacial score (nSPS) is 21.6. The van der Waals surface area contributed by atoms with Crippen LogP contribution in [0.1, 0.15) is 41.8 Å². The molecule has 2 aliphatic rings. The van der Waals surface area contributed by atoms with E-state index in [0.29, 0.717) is 0 Å². The van der Waals surface area contributed by atoms with Gasteiger partial charge in [0.2, 0.25) is 0 Å². The van der Waals surface area contributed by atoms with E-state index >= 15 is 0 Å². The van der Waals surface area contributed by atoms with Crippen LogP contribution in [0.2, 0.25) is 0 Å². The highest BCUT2D eigenvalue weighted by atomic mass is 16.1. The zero-order valence-electron chi connectivity index (χ0n) is 15.0. The van der Waals surface area contributed by atoms with Crippen LogP contribution < -0.4 is 4.90 Å². The molecule has 0 amide bonds. The highest BCUT2D eigenvalue weighted by Crippen LogP contribution is 2.46. The van der Waals surface area contributed by atoms with Gasteiger partial charge in [-0.25, -0.2) is 0 Å². The second-order valence-corrected chi connectivity index (χ2v) is 7.43. The molecule has 0 unspecified atom stereocenters. The van der Waals surface area contributed by atoms with Gasteiger partial charge in [-0.05, 0) is 36.1 Å². The lowest BCUT2D eigenvalue weighted by Crippen LogP contribution is -2.22. The number of anilines is 1. The van der Waals surface area contributed by atoms with Crippen molar-refractivity contribution in [3.8, 4) is 0 Å². The molecule has 2 nitrogen and oxygen atoms in total. The van der Waals surface area contributed by atoms with E-state index in [1.165, 1.54) is 22.5 Å². The summed E-state index contributed by atoms with van der Waals surface area (Å²) in [5, 5.41) is 0. The first-order chi connectivity index (χ1) is 12.0. The second kappa shape index (κ2) is 5.73. The van der Waals surface area contributed by atoms with Crippen LogP contribution in [-0.4, -0.2) is 12.8 Å². The molecule has 1 aliphatic heterocycles. The molecule has 25 heavy (non-hydrogen) atoms. The summed E-state index contributed by atoms with van der Waals surface area (Å²) in [6.45, 7) is 4.50. The van der Waals surface area contributed by atoms with Crippen LogP contribution in [0.4, 0.5) is 5.69 Å². The number of Topliss-reactive ketones (excluding diaryl/α,β-unsaturated/α-hetero) is 1. The number of likely N-dealkylation sites (N-methyl/N-ethyl adjacent to an activating group) is 1. The number of hydrogen-bond donors (Lipinski definition) is 0. The van der Waals surface area contributed by atoms with Crippen molar-refractivity contribution in [1.82, 2.24) is 0 Å². The third-order valence-electron chi connectivity index (χ3n) is 5.60. The Morgan fingerprint density at radius 3 is 2.48 bits per heavy atom. The van der Waals surface area contributed by atoms with Gasteiger partial charge in [-0.3, -0.25) is 4.79 Å². The number of para-hydroxylation sites is 1. The fourth-order valence-corrected chi connectivity index (χ4v) is 4.16. The van der Waals surface area contributed by atoms with Gasteiger partial charge in [0.25, 0.3) is 0 Å². The molecule has 1 aliphatic carbocycles. The van der Waals surface area contributed by atoms with Gasteiger partial charge in [-0.2, -0.15) is 0 Å². The predicted octanol–water partition coefficient (Wildman–Crippen LogP) is 5.05. The van der Waals surface area contributed by atoms with Gasteiger partial charge in [0, 0.05) is 35.0 Å². The third kappa shape index (κ3) is 2.44. The SMILES string of the molecule is CN1C(=CC=C2CCc3ccccc3C2=O)C(C)(C)c2ccccc21. The number of benzene rings is 2. The van der Waals surface area contributed by atoms with E-state index in [0.717, 1.165) is 24.0 Å². The number of fused-ring (bicyclic) bond motifs is 2. The number of carbonyl (C=O) groups is 1. The Morgan fingerprint density at radius 1 is 0.960 bits per heavy atom. The molecule has 0 saturated carbocycles. The molecule has 2 aromatic carbocycles. The molecule has 126 valence electrons. The lowest BCUT2D eigenvalue weighted by molar-refractivity contribution is 0.102. The maximum Gasteiger partial charge on any atom is 0.189 e. The van der Waals surface area contributed by atoms with Crippen molar-refractivity contribution in [3.63, 3.8) is 0 Å². The molecule has 0 atom stereocenters. The number of aryl methyl sites for hydroxylation is 1. The average Bonchev–Trinajstić information content (AvgIpc) is 2.82. The minimum atomic E-state index is -0.0575. The van der Waals surface area contributed by atoms with Gasteiger partial charge < -0.3 is 4.90 Å². The molecule has 2 aromatic rings. The van der Waals surface area contributed by atoms with Crippen LogP contribution in [0.25, 0.3) is 0 Å². The summed E-state index contributed by atoms with van der Waals surface area (Å²) < 4.78 is 0. The summed E-state index contributed by atoms with van der Waals surface area (Å²) in [7, 11) is 2.11. The van der Waals surface area contributed by atoms with E-state index < -0.39 is 0 Å². The first kappa shape index (κ1) is 15.9.